The number of aromatic amines is 1. The molecule has 29 heavy (non-hydrogen) atoms. The average Bonchev–Trinajstić information content (AvgIpc) is 3.32. The van der Waals surface area contributed by atoms with Gasteiger partial charge in [0.1, 0.15) is 0 Å². The third-order valence-electron chi connectivity index (χ3n) is 5.86. The van der Waals surface area contributed by atoms with Crippen LogP contribution < -0.4 is 11.1 Å². The normalized spacial score (nSPS) is 23.9. The summed E-state index contributed by atoms with van der Waals surface area (Å²) >= 11 is 0. The van der Waals surface area contributed by atoms with Crippen LogP contribution in [0.3, 0.4) is 0 Å². The van der Waals surface area contributed by atoms with Gasteiger partial charge in [0.05, 0.1) is 24.1 Å². The highest BCUT2D eigenvalue weighted by Crippen LogP contribution is 2.37. The molecule has 2 aliphatic rings. The van der Waals surface area contributed by atoms with Crippen molar-refractivity contribution in [3.8, 4) is 0 Å². The van der Waals surface area contributed by atoms with Crippen LogP contribution in [0.5, 0.6) is 0 Å². The summed E-state index contributed by atoms with van der Waals surface area (Å²) in [6.07, 6.45) is 14.7. The number of nitrogens with zero attached hydrogens (tertiary/aromatic N) is 2. The van der Waals surface area contributed by atoms with E-state index in [9.17, 15) is 9.59 Å². The lowest BCUT2D eigenvalue weighted by Gasteiger charge is -2.27. The van der Waals surface area contributed by atoms with Crippen molar-refractivity contribution in [2.75, 3.05) is 13.1 Å². The summed E-state index contributed by atoms with van der Waals surface area (Å²) in [5.41, 5.74) is 6.46. The molecule has 1 unspecified atom stereocenters. The van der Waals surface area contributed by atoms with Gasteiger partial charge in [-0.25, -0.2) is 4.98 Å². The zero-order chi connectivity index (χ0) is 19.2. The van der Waals surface area contributed by atoms with Crippen molar-refractivity contribution in [2.24, 2.45) is 17.6 Å². The summed E-state index contributed by atoms with van der Waals surface area (Å²) in [6, 6.07) is -0.957. The molecule has 4 N–H and O–H groups in total. The highest BCUT2D eigenvalue weighted by atomic mass is 35.5. The molecule has 0 bridgehead atoms. The van der Waals surface area contributed by atoms with Crippen LogP contribution in [0, 0.1) is 11.8 Å². The van der Waals surface area contributed by atoms with Gasteiger partial charge in [-0.15, -0.1) is 24.8 Å². The number of likely N-dealkylation sites (tertiary alicyclic amines) is 1. The van der Waals surface area contributed by atoms with Crippen molar-refractivity contribution in [1.82, 2.24) is 20.2 Å². The highest BCUT2D eigenvalue weighted by Gasteiger charge is 2.40. The number of rotatable bonds is 6. The minimum atomic E-state index is -0.683. The Morgan fingerprint density at radius 2 is 2.03 bits per heavy atom. The Morgan fingerprint density at radius 1 is 1.31 bits per heavy atom. The van der Waals surface area contributed by atoms with Crippen molar-refractivity contribution < 1.29 is 9.59 Å². The Hall–Kier alpha value is -1.41. The summed E-state index contributed by atoms with van der Waals surface area (Å²) in [5, 5.41) is 2.49. The van der Waals surface area contributed by atoms with Gasteiger partial charge in [0.15, 0.2) is 0 Å². The number of carbonyl (C=O) groups is 2. The maximum absolute atomic E-state index is 12.7. The third-order valence-corrected chi connectivity index (χ3v) is 5.86. The van der Waals surface area contributed by atoms with E-state index in [1.807, 2.05) is 18.3 Å². The molecule has 2 fully saturated rings. The fraction of sp³-hybridized carbons (Fsp3) is 0.650. The molecule has 3 atom stereocenters. The number of amides is 2. The second-order valence-electron chi connectivity index (χ2n) is 7.90. The van der Waals surface area contributed by atoms with Crippen molar-refractivity contribution in [1.29, 1.82) is 0 Å². The van der Waals surface area contributed by atoms with Gasteiger partial charge in [-0.1, -0.05) is 38.2 Å². The largest absolute Gasteiger partial charge is 0.351 e. The van der Waals surface area contributed by atoms with Gasteiger partial charge in [0, 0.05) is 19.3 Å². The van der Waals surface area contributed by atoms with Crippen LogP contribution in [0.1, 0.15) is 51.1 Å². The Kier molecular flexibility index (Phi) is 10.9. The molecule has 1 aliphatic heterocycles. The smallest absolute Gasteiger partial charge is 0.243 e. The molecular formula is C20H33Cl2N5O2. The number of imide groups is 1. The van der Waals surface area contributed by atoms with Crippen LogP contribution in [0.2, 0.25) is 0 Å². The van der Waals surface area contributed by atoms with Crippen LogP contribution in [-0.2, 0) is 9.59 Å². The van der Waals surface area contributed by atoms with Crippen LogP contribution in [0.15, 0.2) is 18.6 Å². The average molecular weight is 446 g/mol. The first-order chi connectivity index (χ1) is 13.0. The van der Waals surface area contributed by atoms with E-state index in [1.165, 1.54) is 32.1 Å². The number of carbonyl (C=O) groups excluding carboxylic acids is 2. The van der Waals surface area contributed by atoms with E-state index in [4.69, 9.17) is 5.73 Å². The molecule has 7 nitrogen and oxygen atoms in total. The number of nitrogens with two attached hydrogens (primary N) is 1. The van der Waals surface area contributed by atoms with Gasteiger partial charge in [-0.3, -0.25) is 19.8 Å². The second-order valence-corrected chi connectivity index (χ2v) is 7.90. The summed E-state index contributed by atoms with van der Waals surface area (Å²) in [4.78, 5) is 33.9. The first kappa shape index (κ1) is 25.6. The Labute approximate surface area is 185 Å². The van der Waals surface area contributed by atoms with Gasteiger partial charge in [0.2, 0.25) is 11.8 Å². The third kappa shape index (κ3) is 7.10. The van der Waals surface area contributed by atoms with Crippen molar-refractivity contribution in [3.05, 3.63) is 24.3 Å². The Morgan fingerprint density at radius 3 is 2.66 bits per heavy atom. The van der Waals surface area contributed by atoms with E-state index >= 15 is 0 Å². The SMILES string of the molecule is C[C@H](N)C(=O)NC(=O)[C@@H]1CC(C2CCCCC2)CN1C/C=C/c1c[nH]cn1.Cl.Cl. The molecule has 9 heteroatoms. The van der Waals surface area contributed by atoms with Crippen LogP contribution in [0.4, 0.5) is 0 Å². The second kappa shape index (κ2) is 12.3. The molecule has 0 radical (unpaired) electrons. The highest BCUT2D eigenvalue weighted by molar-refractivity contribution is 5.99. The monoisotopic (exact) mass is 445 g/mol. The van der Waals surface area contributed by atoms with Crippen molar-refractivity contribution in [2.45, 2.75) is 57.5 Å². The molecule has 164 valence electrons. The zero-order valence-electron chi connectivity index (χ0n) is 16.9. The van der Waals surface area contributed by atoms with E-state index in [2.05, 4.69) is 20.2 Å². The number of hydrogen-bond acceptors (Lipinski definition) is 5. The maximum Gasteiger partial charge on any atom is 0.243 e. The fourth-order valence-corrected chi connectivity index (χ4v) is 4.35. The van der Waals surface area contributed by atoms with Gasteiger partial charge in [0.25, 0.3) is 0 Å². The molecule has 0 aromatic carbocycles. The molecule has 0 spiro atoms. The Bertz CT molecular complexity index is 660. The summed E-state index contributed by atoms with van der Waals surface area (Å²) < 4.78 is 0. The van der Waals surface area contributed by atoms with Crippen molar-refractivity contribution in [3.63, 3.8) is 0 Å². The lowest BCUT2D eigenvalue weighted by Crippen LogP contribution is -2.49. The summed E-state index contributed by atoms with van der Waals surface area (Å²) in [7, 11) is 0. The van der Waals surface area contributed by atoms with Crippen molar-refractivity contribution >= 4 is 42.7 Å². The minimum absolute atomic E-state index is 0. The fourth-order valence-electron chi connectivity index (χ4n) is 4.35. The number of halogens is 2. The van der Waals surface area contributed by atoms with Crippen LogP contribution in [-0.4, -0.2) is 51.9 Å². The number of hydrogen-bond donors (Lipinski definition) is 3. The van der Waals surface area contributed by atoms with E-state index in [1.54, 1.807) is 13.3 Å². The molecular weight excluding hydrogens is 413 g/mol. The topological polar surface area (TPSA) is 104 Å². The number of imidazole rings is 1. The molecule has 2 heterocycles. The van der Waals surface area contributed by atoms with Crippen LogP contribution in [0.25, 0.3) is 6.08 Å². The molecule has 1 saturated carbocycles. The molecule has 2 amide bonds. The van der Waals surface area contributed by atoms with E-state index in [0.29, 0.717) is 18.4 Å². The number of aromatic nitrogens is 2. The minimum Gasteiger partial charge on any atom is -0.351 e. The summed E-state index contributed by atoms with van der Waals surface area (Å²) in [6.45, 7) is 3.16. The zero-order valence-corrected chi connectivity index (χ0v) is 18.5. The maximum atomic E-state index is 12.7. The van der Waals surface area contributed by atoms with Gasteiger partial charge in [-0.05, 0) is 31.3 Å². The summed E-state index contributed by atoms with van der Waals surface area (Å²) in [5.74, 6) is 0.584. The lowest BCUT2D eigenvalue weighted by molar-refractivity contribution is -0.133. The number of nitrogens with one attached hydrogen (secondary N) is 2. The molecule has 3 rings (SSSR count). The van der Waals surface area contributed by atoms with Gasteiger partial charge >= 0.3 is 0 Å². The van der Waals surface area contributed by atoms with Gasteiger partial charge in [-0.2, -0.15) is 0 Å². The Balaban J connectivity index is 0.00000210. The van der Waals surface area contributed by atoms with E-state index in [0.717, 1.165) is 18.7 Å². The van der Waals surface area contributed by atoms with E-state index < -0.39 is 11.9 Å². The van der Waals surface area contributed by atoms with Gasteiger partial charge < -0.3 is 10.7 Å². The molecule has 1 aromatic rings. The lowest BCUT2D eigenvalue weighted by atomic mass is 9.79. The first-order valence-corrected chi connectivity index (χ1v) is 10.0. The molecule has 1 saturated heterocycles. The predicted octanol–water partition coefficient (Wildman–Crippen LogP) is 2.53. The predicted molar refractivity (Wildman–Crippen MR) is 119 cm³/mol. The number of H-pyrrole nitrogens is 1. The van der Waals surface area contributed by atoms with Crippen LogP contribution >= 0.6 is 24.8 Å². The first-order valence-electron chi connectivity index (χ1n) is 10.0. The standard InChI is InChI=1S/C20H31N5O2.2ClH/c1-14(21)19(26)24-20(27)18-10-16(15-6-3-2-4-7-15)12-25(18)9-5-8-17-11-22-13-23-17;;/h5,8,11,13-16,18H,2-4,6-7,9-10,12,21H2,1H3,(H,22,23)(H,24,26,27);2*1H/b8-5+;;/t14-,16?,18-;;/m0../s1. The quantitative estimate of drug-likeness (QED) is 0.623. The molecule has 1 aromatic heterocycles. The van der Waals surface area contributed by atoms with E-state index in [-0.39, 0.29) is 36.8 Å². The molecule has 1 aliphatic carbocycles.